The highest BCUT2D eigenvalue weighted by Gasteiger charge is 2.59. The van der Waals surface area contributed by atoms with Crippen molar-refractivity contribution in [2.45, 2.75) is 143 Å². The van der Waals surface area contributed by atoms with Crippen LogP contribution in [0.2, 0.25) is 0 Å². The van der Waals surface area contributed by atoms with Crippen molar-refractivity contribution in [3.63, 3.8) is 0 Å². The molecule has 4 aliphatic carbocycles. The fraction of sp³-hybridized carbons (Fsp3) is 0.943. The molecule has 1 amide bonds. The number of unbranched alkanes of at least 4 members (excludes halogenated alkanes) is 3. The maximum Gasteiger partial charge on any atom is 0.328 e. The fourth-order valence-corrected chi connectivity index (χ4v) is 10.3. The van der Waals surface area contributed by atoms with Gasteiger partial charge in [0.05, 0.1) is 7.11 Å². The van der Waals surface area contributed by atoms with Gasteiger partial charge in [-0.25, -0.2) is 4.79 Å². The van der Waals surface area contributed by atoms with E-state index >= 15 is 0 Å². The lowest BCUT2D eigenvalue weighted by Gasteiger charge is -2.61. The van der Waals surface area contributed by atoms with E-state index in [0.717, 1.165) is 55.0 Å². The van der Waals surface area contributed by atoms with E-state index in [1.165, 1.54) is 97.1 Å². The van der Waals surface area contributed by atoms with Gasteiger partial charge in [0, 0.05) is 12.5 Å². The summed E-state index contributed by atoms with van der Waals surface area (Å²) in [6.07, 6.45) is 20.2. The first-order chi connectivity index (χ1) is 19.6. The Morgan fingerprint density at radius 3 is 2.37 bits per heavy atom. The van der Waals surface area contributed by atoms with Gasteiger partial charge in [0.1, 0.15) is 6.04 Å². The van der Waals surface area contributed by atoms with Gasteiger partial charge in [-0.05, 0) is 143 Å². The van der Waals surface area contributed by atoms with Crippen molar-refractivity contribution in [3.05, 3.63) is 0 Å². The van der Waals surface area contributed by atoms with Gasteiger partial charge in [-0.3, -0.25) is 4.79 Å². The number of rotatable bonds is 14. The van der Waals surface area contributed by atoms with Gasteiger partial charge < -0.3 is 21.1 Å². The molecular formula is C35H63N3O3. The fourth-order valence-electron chi connectivity index (χ4n) is 10.3. The van der Waals surface area contributed by atoms with Crippen LogP contribution in [0.4, 0.5) is 0 Å². The molecule has 0 heterocycles. The summed E-state index contributed by atoms with van der Waals surface area (Å²) in [5, 5.41) is 6.87. The Labute approximate surface area is 251 Å². The Morgan fingerprint density at radius 1 is 0.902 bits per heavy atom. The molecule has 9 unspecified atom stereocenters. The smallest absolute Gasteiger partial charge is 0.328 e. The number of nitrogens with one attached hydrogen (secondary N) is 2. The molecule has 6 heteroatoms. The topological polar surface area (TPSA) is 93.4 Å². The van der Waals surface area contributed by atoms with E-state index in [0.29, 0.717) is 17.3 Å². The average molecular weight is 574 g/mol. The lowest BCUT2D eigenvalue weighted by molar-refractivity contribution is -0.146. The maximum absolute atomic E-state index is 12.7. The van der Waals surface area contributed by atoms with E-state index in [1.54, 1.807) is 0 Å². The van der Waals surface area contributed by atoms with Gasteiger partial charge in [0.2, 0.25) is 5.91 Å². The van der Waals surface area contributed by atoms with E-state index in [1.807, 2.05) is 13.8 Å². The van der Waals surface area contributed by atoms with E-state index in [-0.39, 0.29) is 17.8 Å². The zero-order valence-corrected chi connectivity index (χ0v) is 27.1. The van der Waals surface area contributed by atoms with Crippen molar-refractivity contribution in [2.75, 3.05) is 20.2 Å². The summed E-state index contributed by atoms with van der Waals surface area (Å²) in [5.74, 6) is 3.97. The highest BCUT2D eigenvalue weighted by molar-refractivity contribution is 5.84. The minimum atomic E-state index is -0.551. The Kier molecular flexibility index (Phi) is 11.6. The summed E-state index contributed by atoms with van der Waals surface area (Å²) in [6.45, 7) is 11.2. The van der Waals surface area contributed by atoms with Crippen molar-refractivity contribution in [2.24, 2.45) is 52.1 Å². The number of nitrogens with two attached hydrogens (primary N) is 1. The number of fused-ring (bicyclic) bond motifs is 5. The minimum Gasteiger partial charge on any atom is -0.467 e. The minimum absolute atomic E-state index is 0.0135. The molecule has 4 rings (SSSR count). The molecule has 0 radical (unpaired) electrons. The first-order valence-corrected chi connectivity index (χ1v) is 17.4. The van der Waals surface area contributed by atoms with Crippen LogP contribution in [0.15, 0.2) is 0 Å². The molecule has 0 bridgehead atoms. The second-order valence-corrected chi connectivity index (χ2v) is 15.3. The van der Waals surface area contributed by atoms with E-state index in [2.05, 4.69) is 24.5 Å². The third-order valence-corrected chi connectivity index (χ3v) is 12.8. The first kappa shape index (κ1) is 32.8. The highest BCUT2D eigenvalue weighted by atomic mass is 16.5. The molecule has 4 aliphatic rings. The Hall–Kier alpha value is -1.14. The van der Waals surface area contributed by atoms with Crippen molar-refractivity contribution < 1.29 is 14.3 Å². The second kappa shape index (κ2) is 14.6. The molecule has 41 heavy (non-hydrogen) atoms. The molecule has 6 nitrogen and oxygen atoms in total. The number of methoxy groups -OCH3 is 1. The van der Waals surface area contributed by atoms with Crippen LogP contribution < -0.4 is 16.4 Å². The maximum atomic E-state index is 12.7. The molecule has 9 atom stereocenters. The third-order valence-electron chi connectivity index (χ3n) is 12.8. The largest absolute Gasteiger partial charge is 0.467 e. The number of hydrogen-bond donors (Lipinski definition) is 3. The number of hydrogen-bond acceptors (Lipinski definition) is 5. The lowest BCUT2D eigenvalue weighted by Crippen LogP contribution is -2.55. The Bertz CT molecular complexity index is 864. The molecule has 4 saturated carbocycles. The Morgan fingerprint density at radius 2 is 1.63 bits per heavy atom. The SMILES string of the molecule is COC(=O)C(NC(=O)CCCC1CCC2C3CCC4CC(NCCCCCCN)CCC4(C)C3CCC12C)C(C)C. The molecule has 236 valence electrons. The third kappa shape index (κ3) is 7.33. The number of ether oxygens (including phenoxy) is 1. The lowest BCUT2D eigenvalue weighted by atomic mass is 9.44. The summed E-state index contributed by atoms with van der Waals surface area (Å²) in [6, 6.07) is 0.175. The van der Waals surface area contributed by atoms with Crippen LogP contribution >= 0.6 is 0 Å². The van der Waals surface area contributed by atoms with Crippen LogP contribution in [0.5, 0.6) is 0 Å². The second-order valence-electron chi connectivity index (χ2n) is 15.3. The number of carbonyl (C=O) groups excluding carboxylic acids is 2. The Balaban J connectivity index is 1.26. The number of carbonyl (C=O) groups is 2. The van der Waals surface area contributed by atoms with Gasteiger partial charge >= 0.3 is 5.97 Å². The molecular weight excluding hydrogens is 510 g/mol. The summed E-state index contributed by atoms with van der Waals surface area (Å²) < 4.78 is 4.89. The summed E-state index contributed by atoms with van der Waals surface area (Å²) in [4.78, 5) is 24.7. The van der Waals surface area contributed by atoms with Crippen molar-refractivity contribution in [3.8, 4) is 0 Å². The van der Waals surface area contributed by atoms with Crippen LogP contribution in [-0.4, -0.2) is 44.2 Å². The molecule has 4 fully saturated rings. The first-order valence-electron chi connectivity index (χ1n) is 17.4. The predicted molar refractivity (Wildman–Crippen MR) is 167 cm³/mol. The predicted octanol–water partition coefficient (Wildman–Crippen LogP) is 6.61. The van der Waals surface area contributed by atoms with Crippen LogP contribution in [0, 0.1) is 46.3 Å². The van der Waals surface area contributed by atoms with Crippen LogP contribution in [0.1, 0.15) is 130 Å². The highest BCUT2D eigenvalue weighted by Crippen LogP contribution is 2.67. The summed E-state index contributed by atoms with van der Waals surface area (Å²) in [5.41, 5.74) is 6.62. The number of amides is 1. The quantitative estimate of drug-likeness (QED) is 0.161. The van der Waals surface area contributed by atoms with Gasteiger partial charge in [0.15, 0.2) is 0 Å². The van der Waals surface area contributed by atoms with Crippen LogP contribution in [-0.2, 0) is 14.3 Å². The normalized spacial score (nSPS) is 37.1. The van der Waals surface area contributed by atoms with Gasteiger partial charge in [-0.1, -0.05) is 40.5 Å². The molecule has 0 aromatic rings. The standard InChI is InChI=1S/C35H63N3O3/c1-24(2)32(33(40)41-5)38-31(39)12-10-11-25-14-16-29-28-15-13-26-23-27(37-22-9-7-6-8-21-36)17-19-35(26,4)30(28)18-20-34(25,29)3/h24-30,32,37H,6-23,36H2,1-5H3,(H,38,39). The van der Waals surface area contributed by atoms with E-state index in [4.69, 9.17) is 10.5 Å². The van der Waals surface area contributed by atoms with Crippen molar-refractivity contribution >= 4 is 11.9 Å². The van der Waals surface area contributed by atoms with Crippen molar-refractivity contribution in [1.82, 2.24) is 10.6 Å². The average Bonchev–Trinajstić information content (AvgIpc) is 3.29. The molecule has 0 spiro atoms. The molecule has 0 aromatic heterocycles. The van der Waals surface area contributed by atoms with Crippen LogP contribution in [0.3, 0.4) is 0 Å². The van der Waals surface area contributed by atoms with E-state index in [9.17, 15) is 9.59 Å². The molecule has 0 aromatic carbocycles. The molecule has 4 N–H and O–H groups in total. The summed E-state index contributed by atoms with van der Waals surface area (Å²) >= 11 is 0. The van der Waals surface area contributed by atoms with E-state index < -0.39 is 6.04 Å². The van der Waals surface area contributed by atoms with Crippen LogP contribution in [0.25, 0.3) is 0 Å². The van der Waals surface area contributed by atoms with Gasteiger partial charge in [-0.2, -0.15) is 0 Å². The zero-order chi connectivity index (χ0) is 29.6. The molecule has 0 aliphatic heterocycles. The van der Waals surface area contributed by atoms with Gasteiger partial charge in [-0.15, -0.1) is 0 Å². The summed E-state index contributed by atoms with van der Waals surface area (Å²) in [7, 11) is 1.39. The zero-order valence-electron chi connectivity index (χ0n) is 27.1. The molecule has 0 saturated heterocycles. The number of esters is 1. The van der Waals surface area contributed by atoms with Crippen molar-refractivity contribution in [1.29, 1.82) is 0 Å². The monoisotopic (exact) mass is 573 g/mol. The van der Waals surface area contributed by atoms with Gasteiger partial charge in [0.25, 0.3) is 0 Å².